The monoisotopic (exact) mass is 410 g/mol. The summed E-state index contributed by atoms with van der Waals surface area (Å²) in [5.41, 5.74) is 1.61. The van der Waals surface area contributed by atoms with E-state index in [1.165, 1.54) is 13.2 Å². The third-order valence-electron chi connectivity index (χ3n) is 4.57. The van der Waals surface area contributed by atoms with Crippen molar-refractivity contribution in [1.82, 2.24) is 4.90 Å². The third-order valence-corrected chi connectivity index (χ3v) is 4.57. The maximum Gasteiger partial charge on any atom is 0.338 e. The molecular formula is C22H22N2O6. The van der Waals surface area contributed by atoms with E-state index in [1.807, 2.05) is 6.07 Å². The molecule has 2 aromatic carbocycles. The Morgan fingerprint density at radius 3 is 2.50 bits per heavy atom. The number of benzene rings is 2. The number of carbonyl (C=O) groups is 2. The van der Waals surface area contributed by atoms with Gasteiger partial charge in [-0.25, -0.2) is 4.79 Å². The van der Waals surface area contributed by atoms with Crippen LogP contribution in [0.3, 0.4) is 0 Å². The predicted octanol–water partition coefficient (Wildman–Crippen LogP) is 2.16. The number of hydrogen-bond acceptors (Lipinski definition) is 7. The number of methoxy groups -OCH3 is 1. The number of carbonyl (C=O) groups excluding carboxylic acids is 2. The molecule has 0 saturated carbocycles. The second-order valence-corrected chi connectivity index (χ2v) is 6.53. The minimum absolute atomic E-state index is 0.0825. The molecule has 0 spiro atoms. The molecule has 0 atom stereocenters. The van der Waals surface area contributed by atoms with Crippen LogP contribution >= 0.6 is 0 Å². The Labute approximate surface area is 174 Å². The first-order chi connectivity index (χ1) is 14.6. The van der Waals surface area contributed by atoms with Crippen molar-refractivity contribution >= 4 is 11.9 Å². The Balaban J connectivity index is 1.57. The van der Waals surface area contributed by atoms with Crippen molar-refractivity contribution in [3.63, 3.8) is 0 Å². The first-order valence-corrected chi connectivity index (χ1v) is 9.43. The molecule has 2 aromatic rings. The van der Waals surface area contributed by atoms with E-state index >= 15 is 0 Å². The molecule has 0 aliphatic carbocycles. The Morgan fingerprint density at radius 1 is 1.10 bits per heavy atom. The van der Waals surface area contributed by atoms with Gasteiger partial charge < -0.3 is 23.8 Å². The van der Waals surface area contributed by atoms with Gasteiger partial charge in [0.25, 0.3) is 5.91 Å². The fraction of sp³-hybridized carbons (Fsp3) is 0.318. The van der Waals surface area contributed by atoms with Gasteiger partial charge in [0.2, 0.25) is 0 Å². The molecule has 1 amide bonds. The highest BCUT2D eigenvalue weighted by Crippen LogP contribution is 2.28. The SMILES string of the molecule is COc1cc(C(=O)OCc2ccc(C#N)cc2)ccc1OCC(=O)N1CCOCC1. The summed E-state index contributed by atoms with van der Waals surface area (Å²) in [7, 11) is 1.46. The fourth-order valence-electron chi connectivity index (χ4n) is 2.87. The number of nitrogens with zero attached hydrogens (tertiary/aromatic N) is 2. The van der Waals surface area contributed by atoms with E-state index in [0.29, 0.717) is 48.9 Å². The zero-order valence-electron chi connectivity index (χ0n) is 16.6. The molecule has 0 unspecified atom stereocenters. The molecule has 0 N–H and O–H groups in total. The Kier molecular flexibility index (Phi) is 7.24. The maximum absolute atomic E-state index is 12.3. The third kappa shape index (κ3) is 5.49. The Morgan fingerprint density at radius 2 is 1.83 bits per heavy atom. The van der Waals surface area contributed by atoms with Crippen molar-refractivity contribution < 1.29 is 28.5 Å². The first kappa shape index (κ1) is 21.1. The number of esters is 1. The number of ether oxygens (including phenoxy) is 4. The summed E-state index contributed by atoms with van der Waals surface area (Å²) in [6.07, 6.45) is 0. The molecule has 0 bridgehead atoms. The molecule has 1 fully saturated rings. The van der Waals surface area contributed by atoms with Crippen LogP contribution in [-0.4, -0.2) is 56.8 Å². The summed E-state index contributed by atoms with van der Waals surface area (Å²) >= 11 is 0. The molecule has 0 radical (unpaired) electrons. The minimum atomic E-state index is -0.520. The van der Waals surface area contributed by atoms with Crippen molar-refractivity contribution in [1.29, 1.82) is 5.26 Å². The number of nitriles is 1. The van der Waals surface area contributed by atoms with E-state index in [4.69, 9.17) is 24.2 Å². The molecule has 156 valence electrons. The molecule has 3 rings (SSSR count). The van der Waals surface area contributed by atoms with Crippen LogP contribution in [0.5, 0.6) is 11.5 Å². The minimum Gasteiger partial charge on any atom is -0.493 e. The second-order valence-electron chi connectivity index (χ2n) is 6.53. The number of morpholine rings is 1. The van der Waals surface area contributed by atoms with Crippen LogP contribution in [0, 0.1) is 11.3 Å². The predicted molar refractivity (Wildman–Crippen MR) is 106 cm³/mol. The van der Waals surface area contributed by atoms with Crippen LogP contribution in [0.15, 0.2) is 42.5 Å². The molecule has 30 heavy (non-hydrogen) atoms. The first-order valence-electron chi connectivity index (χ1n) is 9.43. The fourth-order valence-corrected chi connectivity index (χ4v) is 2.87. The summed E-state index contributed by atoms with van der Waals surface area (Å²) in [6, 6.07) is 13.5. The lowest BCUT2D eigenvalue weighted by atomic mass is 10.1. The van der Waals surface area contributed by atoms with Gasteiger partial charge in [-0.1, -0.05) is 12.1 Å². The standard InChI is InChI=1S/C22H22N2O6/c1-27-20-12-18(22(26)30-14-17-4-2-16(13-23)3-5-17)6-7-19(20)29-15-21(25)24-8-10-28-11-9-24/h2-7,12H,8-11,14-15H2,1H3. The summed E-state index contributed by atoms with van der Waals surface area (Å²) in [5, 5.41) is 8.82. The van der Waals surface area contributed by atoms with Crippen molar-refractivity contribution in [2.24, 2.45) is 0 Å². The average molecular weight is 410 g/mol. The van der Waals surface area contributed by atoms with Gasteiger partial charge >= 0.3 is 5.97 Å². The van der Waals surface area contributed by atoms with Gasteiger partial charge in [0.05, 0.1) is 37.5 Å². The smallest absolute Gasteiger partial charge is 0.338 e. The second kappa shape index (κ2) is 10.3. The molecule has 1 saturated heterocycles. The van der Waals surface area contributed by atoms with Gasteiger partial charge in [-0.2, -0.15) is 5.26 Å². The van der Waals surface area contributed by atoms with E-state index in [0.717, 1.165) is 5.56 Å². The summed E-state index contributed by atoms with van der Waals surface area (Å²) in [4.78, 5) is 26.3. The van der Waals surface area contributed by atoms with Gasteiger partial charge in [0, 0.05) is 13.1 Å². The molecular weight excluding hydrogens is 388 g/mol. The van der Waals surface area contributed by atoms with E-state index in [9.17, 15) is 9.59 Å². The molecule has 1 heterocycles. The van der Waals surface area contributed by atoms with Crippen LogP contribution in [0.25, 0.3) is 0 Å². The van der Waals surface area contributed by atoms with Crippen molar-refractivity contribution in [2.75, 3.05) is 40.0 Å². The summed E-state index contributed by atoms with van der Waals surface area (Å²) in [5.74, 6) is 0.0419. The van der Waals surface area contributed by atoms with Gasteiger partial charge in [-0.3, -0.25) is 4.79 Å². The lowest BCUT2D eigenvalue weighted by Gasteiger charge is -2.26. The lowest BCUT2D eigenvalue weighted by molar-refractivity contribution is -0.137. The van der Waals surface area contributed by atoms with E-state index < -0.39 is 5.97 Å². The number of rotatable bonds is 7. The topological polar surface area (TPSA) is 98.1 Å². The maximum atomic E-state index is 12.3. The number of hydrogen-bond donors (Lipinski definition) is 0. The zero-order valence-corrected chi connectivity index (χ0v) is 16.6. The molecule has 8 heteroatoms. The highest BCUT2D eigenvalue weighted by molar-refractivity contribution is 5.90. The number of amides is 1. The highest BCUT2D eigenvalue weighted by atomic mass is 16.5. The van der Waals surface area contributed by atoms with Gasteiger partial charge in [0.15, 0.2) is 18.1 Å². The lowest BCUT2D eigenvalue weighted by Crippen LogP contribution is -2.43. The van der Waals surface area contributed by atoms with E-state index in [2.05, 4.69) is 0 Å². The van der Waals surface area contributed by atoms with Crippen LogP contribution in [0.2, 0.25) is 0 Å². The Hall–Kier alpha value is -3.57. The van der Waals surface area contributed by atoms with Crippen LogP contribution < -0.4 is 9.47 Å². The molecule has 8 nitrogen and oxygen atoms in total. The van der Waals surface area contributed by atoms with E-state index in [-0.39, 0.29) is 19.1 Å². The van der Waals surface area contributed by atoms with Crippen LogP contribution in [-0.2, 0) is 20.9 Å². The van der Waals surface area contributed by atoms with Gasteiger partial charge in [0.1, 0.15) is 6.61 Å². The molecule has 1 aliphatic heterocycles. The largest absolute Gasteiger partial charge is 0.493 e. The quantitative estimate of drug-likeness (QED) is 0.645. The van der Waals surface area contributed by atoms with Gasteiger partial charge in [-0.15, -0.1) is 0 Å². The van der Waals surface area contributed by atoms with Gasteiger partial charge in [-0.05, 0) is 35.9 Å². The summed E-state index contributed by atoms with van der Waals surface area (Å²) in [6.45, 7) is 2.09. The molecule has 0 aromatic heterocycles. The normalized spacial score (nSPS) is 13.3. The van der Waals surface area contributed by atoms with Crippen LogP contribution in [0.4, 0.5) is 0 Å². The van der Waals surface area contributed by atoms with E-state index in [1.54, 1.807) is 41.3 Å². The summed E-state index contributed by atoms with van der Waals surface area (Å²) < 4.78 is 21.4. The van der Waals surface area contributed by atoms with Crippen molar-refractivity contribution in [3.8, 4) is 17.6 Å². The van der Waals surface area contributed by atoms with Crippen LogP contribution in [0.1, 0.15) is 21.5 Å². The van der Waals surface area contributed by atoms with Crippen molar-refractivity contribution in [3.05, 3.63) is 59.2 Å². The van der Waals surface area contributed by atoms with Crippen molar-refractivity contribution in [2.45, 2.75) is 6.61 Å². The average Bonchev–Trinajstić information content (AvgIpc) is 2.81. The molecule has 1 aliphatic rings. The zero-order chi connectivity index (χ0) is 21.3. The highest BCUT2D eigenvalue weighted by Gasteiger charge is 2.19. The Bertz CT molecular complexity index is 930.